The predicted octanol–water partition coefficient (Wildman–Crippen LogP) is 3.01. The van der Waals surface area contributed by atoms with Gasteiger partial charge in [0.25, 0.3) is 0 Å². The van der Waals surface area contributed by atoms with Crippen molar-refractivity contribution in [2.24, 2.45) is 0 Å². The normalized spacial score (nSPS) is 21.0. The van der Waals surface area contributed by atoms with Gasteiger partial charge in [0.2, 0.25) is 5.91 Å². The number of piperidine rings is 1. The number of carbonyl (C=O) groups is 1. The van der Waals surface area contributed by atoms with Crippen molar-refractivity contribution < 1.29 is 9.90 Å². The zero-order valence-electron chi connectivity index (χ0n) is 12.4. The van der Waals surface area contributed by atoms with Crippen LogP contribution >= 0.6 is 15.9 Å². The number of benzene rings is 1. The van der Waals surface area contributed by atoms with Crippen molar-refractivity contribution in [1.29, 1.82) is 0 Å². The number of nitrogens with one attached hydrogen (secondary N) is 1. The molecule has 0 spiro atoms. The van der Waals surface area contributed by atoms with E-state index in [-0.39, 0.29) is 12.0 Å². The largest absolute Gasteiger partial charge is 0.393 e. The zero-order valence-corrected chi connectivity index (χ0v) is 14.0. The van der Waals surface area contributed by atoms with Crippen molar-refractivity contribution in [2.75, 3.05) is 18.4 Å². The molecule has 1 saturated heterocycles. The molecule has 0 aliphatic carbocycles. The van der Waals surface area contributed by atoms with Gasteiger partial charge >= 0.3 is 0 Å². The van der Waals surface area contributed by atoms with Crippen LogP contribution in [0.4, 0.5) is 5.69 Å². The molecule has 2 atom stereocenters. The summed E-state index contributed by atoms with van der Waals surface area (Å²) in [4.78, 5) is 14.4. The molecule has 5 heteroatoms. The highest BCUT2D eigenvalue weighted by Crippen LogP contribution is 2.21. The first-order valence-corrected chi connectivity index (χ1v) is 8.31. The average molecular weight is 355 g/mol. The van der Waals surface area contributed by atoms with E-state index in [0.717, 1.165) is 36.0 Å². The lowest BCUT2D eigenvalue weighted by atomic mass is 9.97. The number of rotatable bonds is 5. The van der Waals surface area contributed by atoms with Crippen molar-refractivity contribution in [3.8, 4) is 0 Å². The number of anilines is 1. The molecule has 1 fully saturated rings. The van der Waals surface area contributed by atoms with Crippen LogP contribution in [0, 0.1) is 0 Å². The molecule has 0 radical (unpaired) electrons. The second-order valence-corrected chi connectivity index (χ2v) is 6.68. The fraction of sp³-hybridized carbons (Fsp3) is 0.562. The molecule has 116 valence electrons. The van der Waals surface area contributed by atoms with E-state index in [1.54, 1.807) is 0 Å². The van der Waals surface area contributed by atoms with Gasteiger partial charge in [-0.05, 0) is 57.0 Å². The van der Waals surface area contributed by atoms with Crippen molar-refractivity contribution >= 4 is 27.5 Å². The Hall–Kier alpha value is -0.910. The van der Waals surface area contributed by atoms with Gasteiger partial charge in [0, 0.05) is 16.2 Å². The van der Waals surface area contributed by atoms with E-state index in [2.05, 4.69) is 26.1 Å². The van der Waals surface area contributed by atoms with Crippen molar-refractivity contribution in [1.82, 2.24) is 4.90 Å². The van der Waals surface area contributed by atoms with Crippen molar-refractivity contribution in [2.45, 2.75) is 44.8 Å². The Morgan fingerprint density at radius 3 is 2.81 bits per heavy atom. The molecular weight excluding hydrogens is 332 g/mol. The summed E-state index contributed by atoms with van der Waals surface area (Å²) in [5, 5.41) is 12.5. The molecule has 1 aromatic rings. The molecule has 1 amide bonds. The summed E-state index contributed by atoms with van der Waals surface area (Å²) in [7, 11) is 0. The third kappa shape index (κ3) is 5.41. The van der Waals surface area contributed by atoms with Crippen LogP contribution in [0.2, 0.25) is 0 Å². The molecule has 0 saturated carbocycles. The van der Waals surface area contributed by atoms with Crippen LogP contribution in [-0.4, -0.2) is 41.1 Å². The number of carbonyl (C=O) groups excluding carboxylic acids is 1. The Labute approximate surface area is 134 Å². The van der Waals surface area contributed by atoms with Crippen LogP contribution in [0.1, 0.15) is 32.6 Å². The molecule has 0 bridgehead atoms. The Morgan fingerprint density at radius 2 is 2.14 bits per heavy atom. The second-order valence-electron chi connectivity index (χ2n) is 5.76. The summed E-state index contributed by atoms with van der Waals surface area (Å²) in [5.74, 6) is 0.00909. The van der Waals surface area contributed by atoms with E-state index >= 15 is 0 Å². The molecule has 2 N–H and O–H groups in total. The minimum Gasteiger partial charge on any atom is -0.393 e. The number of hydrogen-bond donors (Lipinski definition) is 2. The first-order valence-electron chi connectivity index (χ1n) is 7.52. The zero-order chi connectivity index (χ0) is 15.2. The Balaban J connectivity index is 1.89. The third-order valence-corrected chi connectivity index (χ3v) is 4.37. The van der Waals surface area contributed by atoms with E-state index in [9.17, 15) is 9.90 Å². The maximum absolute atomic E-state index is 12.2. The number of nitrogens with zero attached hydrogens (tertiary/aromatic N) is 1. The quantitative estimate of drug-likeness (QED) is 0.854. The molecule has 0 aromatic heterocycles. The molecule has 1 aromatic carbocycles. The van der Waals surface area contributed by atoms with Gasteiger partial charge in [-0.25, -0.2) is 0 Å². The van der Waals surface area contributed by atoms with E-state index in [1.807, 2.05) is 31.2 Å². The number of aliphatic hydroxyl groups is 1. The summed E-state index contributed by atoms with van der Waals surface area (Å²) in [6, 6.07) is 7.89. The van der Waals surface area contributed by atoms with Crippen molar-refractivity contribution in [3.63, 3.8) is 0 Å². The van der Waals surface area contributed by atoms with Gasteiger partial charge in [-0.1, -0.05) is 22.4 Å². The van der Waals surface area contributed by atoms with Gasteiger partial charge in [-0.2, -0.15) is 0 Å². The van der Waals surface area contributed by atoms with E-state index in [1.165, 1.54) is 6.42 Å². The number of likely N-dealkylation sites (tertiary alicyclic amines) is 1. The Kier molecular flexibility index (Phi) is 6.21. The molecule has 1 aliphatic rings. The van der Waals surface area contributed by atoms with E-state index < -0.39 is 0 Å². The Morgan fingerprint density at radius 1 is 1.43 bits per heavy atom. The van der Waals surface area contributed by atoms with Crippen molar-refractivity contribution in [3.05, 3.63) is 28.7 Å². The minimum absolute atomic E-state index is 0.00909. The fourth-order valence-corrected chi connectivity index (χ4v) is 3.11. The van der Waals surface area contributed by atoms with Crippen LogP contribution in [0.15, 0.2) is 28.7 Å². The highest BCUT2D eigenvalue weighted by atomic mass is 79.9. The van der Waals surface area contributed by atoms with Gasteiger partial charge in [0.05, 0.1) is 12.6 Å². The summed E-state index contributed by atoms with van der Waals surface area (Å²) >= 11 is 3.38. The lowest BCUT2D eigenvalue weighted by Gasteiger charge is -2.35. The topological polar surface area (TPSA) is 52.6 Å². The highest BCUT2D eigenvalue weighted by Gasteiger charge is 2.25. The maximum Gasteiger partial charge on any atom is 0.238 e. The molecule has 21 heavy (non-hydrogen) atoms. The van der Waals surface area contributed by atoms with E-state index in [0.29, 0.717) is 12.6 Å². The standard InChI is InChI=1S/C16H23BrN2O2/c1-12(20)10-15-4-2-3-9-19(15)11-16(21)18-14-7-5-13(17)6-8-14/h5-8,12,15,20H,2-4,9-11H2,1H3,(H,18,21). The third-order valence-electron chi connectivity index (χ3n) is 3.84. The van der Waals surface area contributed by atoms with Crippen LogP contribution in [0.5, 0.6) is 0 Å². The van der Waals surface area contributed by atoms with Gasteiger partial charge in [0.1, 0.15) is 0 Å². The summed E-state index contributed by atoms with van der Waals surface area (Å²) in [6.07, 6.45) is 3.80. The minimum atomic E-state index is -0.315. The molecule has 2 rings (SSSR count). The summed E-state index contributed by atoms with van der Waals surface area (Å²) < 4.78 is 0.994. The van der Waals surface area contributed by atoms with Gasteiger partial charge in [-0.15, -0.1) is 0 Å². The molecule has 2 unspecified atom stereocenters. The lowest BCUT2D eigenvalue weighted by molar-refractivity contribution is -0.118. The highest BCUT2D eigenvalue weighted by molar-refractivity contribution is 9.10. The molecule has 4 nitrogen and oxygen atoms in total. The maximum atomic E-state index is 12.2. The van der Waals surface area contributed by atoms with Gasteiger partial charge < -0.3 is 10.4 Å². The van der Waals surface area contributed by atoms with Crippen LogP contribution in [-0.2, 0) is 4.79 Å². The lowest BCUT2D eigenvalue weighted by Crippen LogP contribution is -2.45. The van der Waals surface area contributed by atoms with E-state index in [4.69, 9.17) is 0 Å². The number of aliphatic hydroxyl groups excluding tert-OH is 1. The van der Waals surface area contributed by atoms with Gasteiger partial charge in [-0.3, -0.25) is 9.69 Å². The fourth-order valence-electron chi connectivity index (χ4n) is 2.85. The van der Waals surface area contributed by atoms with Crippen LogP contribution < -0.4 is 5.32 Å². The number of hydrogen-bond acceptors (Lipinski definition) is 3. The Bertz CT molecular complexity index is 462. The smallest absolute Gasteiger partial charge is 0.238 e. The summed E-state index contributed by atoms with van der Waals surface area (Å²) in [5.41, 5.74) is 0.812. The number of amides is 1. The first kappa shape index (κ1) is 16.5. The molecule has 1 aliphatic heterocycles. The SMILES string of the molecule is CC(O)CC1CCCCN1CC(=O)Nc1ccc(Br)cc1. The first-order chi connectivity index (χ1) is 10.0. The monoisotopic (exact) mass is 354 g/mol. The predicted molar refractivity (Wildman–Crippen MR) is 88.3 cm³/mol. The molecular formula is C16H23BrN2O2. The van der Waals surface area contributed by atoms with Crippen LogP contribution in [0.3, 0.4) is 0 Å². The average Bonchev–Trinajstić information content (AvgIpc) is 2.43. The van der Waals surface area contributed by atoms with Crippen LogP contribution in [0.25, 0.3) is 0 Å². The van der Waals surface area contributed by atoms with Gasteiger partial charge in [0.15, 0.2) is 0 Å². The summed E-state index contributed by atoms with van der Waals surface area (Å²) in [6.45, 7) is 3.15. The molecule has 1 heterocycles. The number of halogens is 1. The second kappa shape index (κ2) is 7.92.